The average molecular weight is 451 g/mol. The highest BCUT2D eigenvalue weighted by Crippen LogP contribution is 2.46. The van der Waals surface area contributed by atoms with Gasteiger partial charge in [0.05, 0.1) is 23.8 Å². The Balaban J connectivity index is 1.07. The summed E-state index contributed by atoms with van der Waals surface area (Å²) in [5, 5.41) is 25.6. The second kappa shape index (κ2) is 7.72. The number of benzene rings is 1. The molecule has 2 aromatic rings. The first-order valence-corrected chi connectivity index (χ1v) is 11.9. The zero-order chi connectivity index (χ0) is 22.7. The summed E-state index contributed by atoms with van der Waals surface area (Å²) in [4.78, 5) is 15.2. The minimum absolute atomic E-state index is 0.154. The van der Waals surface area contributed by atoms with Gasteiger partial charge in [0.15, 0.2) is 12.1 Å². The first-order valence-electron chi connectivity index (χ1n) is 11.9. The van der Waals surface area contributed by atoms with Crippen LogP contribution in [0.25, 0.3) is 11.4 Å². The second-order valence-electron chi connectivity index (χ2n) is 9.98. The molecule has 6 rings (SSSR count). The van der Waals surface area contributed by atoms with Crippen molar-refractivity contribution < 1.29 is 14.6 Å². The molecule has 1 aromatic carbocycles. The first-order chi connectivity index (χ1) is 16.0. The first kappa shape index (κ1) is 20.9. The van der Waals surface area contributed by atoms with Gasteiger partial charge in [-0.05, 0) is 67.5 Å². The molecule has 0 radical (unpaired) electrons. The van der Waals surface area contributed by atoms with Crippen molar-refractivity contribution in [2.24, 2.45) is 5.41 Å². The van der Waals surface area contributed by atoms with Crippen molar-refractivity contribution in [3.05, 3.63) is 40.6 Å². The number of rotatable bonds is 4. The third-order valence-electron chi connectivity index (χ3n) is 8.25. The SMILES string of the molecule is CC1=C(N2CCC3(CCC(NCc4ccc5c(c4)C(C)n4nnnc4-5)CC3)C2=O)COC1O. The summed E-state index contributed by atoms with van der Waals surface area (Å²) in [6, 6.07) is 7.10. The molecule has 2 unspecified atom stereocenters. The van der Waals surface area contributed by atoms with Gasteiger partial charge < -0.3 is 20.1 Å². The minimum Gasteiger partial charge on any atom is -0.364 e. The fourth-order valence-electron chi connectivity index (χ4n) is 6.04. The summed E-state index contributed by atoms with van der Waals surface area (Å²) in [6.45, 7) is 5.85. The number of nitrogens with one attached hydrogen (secondary N) is 1. The number of carbonyl (C=O) groups is 1. The zero-order valence-electron chi connectivity index (χ0n) is 19.1. The molecule has 9 nitrogen and oxygen atoms in total. The number of ether oxygens (including phenoxy) is 1. The Morgan fingerprint density at radius 3 is 2.85 bits per heavy atom. The van der Waals surface area contributed by atoms with Crippen molar-refractivity contribution in [1.29, 1.82) is 0 Å². The van der Waals surface area contributed by atoms with Crippen LogP contribution in [0.1, 0.15) is 63.1 Å². The smallest absolute Gasteiger partial charge is 0.233 e. The van der Waals surface area contributed by atoms with Crippen LogP contribution in [-0.2, 0) is 16.1 Å². The van der Waals surface area contributed by atoms with Gasteiger partial charge >= 0.3 is 0 Å². The number of aliphatic hydroxyl groups excluding tert-OH is 1. The lowest BCUT2D eigenvalue weighted by atomic mass is 9.71. The molecular weight excluding hydrogens is 420 g/mol. The molecule has 1 saturated heterocycles. The standard InChI is InChI=1S/C24H30N6O3/c1-14-20(13-33-22(14)31)29-10-9-24(23(29)32)7-5-17(6-8-24)25-12-16-3-4-18-19(11-16)15(2)30-21(18)26-27-28-30/h3-4,11,15,17,22,25,31H,5-10,12-13H2,1-2H3. The van der Waals surface area contributed by atoms with Gasteiger partial charge in [-0.25, -0.2) is 4.68 Å². The van der Waals surface area contributed by atoms with E-state index in [0.717, 1.165) is 67.9 Å². The van der Waals surface area contributed by atoms with Gasteiger partial charge in [0.2, 0.25) is 5.91 Å². The topological polar surface area (TPSA) is 105 Å². The van der Waals surface area contributed by atoms with Gasteiger partial charge in [0, 0.05) is 30.3 Å². The molecule has 4 heterocycles. The number of carbonyl (C=O) groups excluding carboxylic acids is 1. The summed E-state index contributed by atoms with van der Waals surface area (Å²) >= 11 is 0. The van der Waals surface area contributed by atoms with Crippen LogP contribution in [-0.4, -0.2) is 61.6 Å². The Morgan fingerprint density at radius 2 is 2.09 bits per heavy atom. The lowest BCUT2D eigenvalue weighted by Crippen LogP contribution is -2.42. The summed E-state index contributed by atoms with van der Waals surface area (Å²) in [5.74, 6) is 1.07. The van der Waals surface area contributed by atoms with E-state index in [2.05, 4.69) is 46.0 Å². The number of amides is 1. The van der Waals surface area contributed by atoms with E-state index in [9.17, 15) is 9.90 Å². The number of aromatic nitrogens is 4. The molecule has 2 atom stereocenters. The average Bonchev–Trinajstić information content (AvgIpc) is 3.57. The molecule has 1 saturated carbocycles. The van der Waals surface area contributed by atoms with Crippen molar-refractivity contribution in [3.63, 3.8) is 0 Å². The largest absolute Gasteiger partial charge is 0.364 e. The number of hydrogen-bond donors (Lipinski definition) is 2. The van der Waals surface area contributed by atoms with Crippen molar-refractivity contribution in [1.82, 2.24) is 30.4 Å². The molecule has 0 bridgehead atoms. The van der Waals surface area contributed by atoms with Gasteiger partial charge in [0.25, 0.3) is 0 Å². The highest BCUT2D eigenvalue weighted by atomic mass is 16.6. The molecule has 9 heteroatoms. The number of likely N-dealkylation sites (tertiary alicyclic amines) is 1. The maximum atomic E-state index is 13.3. The number of hydrogen-bond acceptors (Lipinski definition) is 7. The maximum Gasteiger partial charge on any atom is 0.233 e. The molecule has 1 spiro atoms. The van der Waals surface area contributed by atoms with E-state index in [4.69, 9.17) is 4.74 Å². The van der Waals surface area contributed by atoms with E-state index in [-0.39, 0.29) is 17.4 Å². The lowest BCUT2D eigenvalue weighted by Gasteiger charge is -2.36. The molecule has 2 fully saturated rings. The van der Waals surface area contributed by atoms with Gasteiger partial charge in [-0.1, -0.05) is 18.2 Å². The zero-order valence-corrected chi connectivity index (χ0v) is 19.1. The summed E-state index contributed by atoms with van der Waals surface area (Å²) in [7, 11) is 0. The molecule has 1 aliphatic carbocycles. The van der Waals surface area contributed by atoms with Gasteiger partial charge in [-0.2, -0.15) is 0 Å². The van der Waals surface area contributed by atoms with Crippen molar-refractivity contribution in [2.45, 2.75) is 70.9 Å². The predicted octanol–water partition coefficient (Wildman–Crippen LogP) is 2.14. The van der Waals surface area contributed by atoms with Crippen LogP contribution >= 0.6 is 0 Å². The minimum atomic E-state index is -0.874. The van der Waals surface area contributed by atoms with Gasteiger partial charge in [-0.3, -0.25) is 4.79 Å². The van der Waals surface area contributed by atoms with Crippen LogP contribution in [0.15, 0.2) is 29.5 Å². The Labute approximate surface area is 192 Å². The number of tetrazole rings is 1. The number of aliphatic hydroxyl groups is 1. The highest BCUT2D eigenvalue weighted by Gasteiger charge is 2.50. The fraction of sp³-hybridized carbons (Fsp3) is 0.583. The van der Waals surface area contributed by atoms with E-state index >= 15 is 0 Å². The highest BCUT2D eigenvalue weighted by molar-refractivity contribution is 5.86. The Kier molecular flexibility index (Phi) is 4.90. The monoisotopic (exact) mass is 450 g/mol. The van der Waals surface area contributed by atoms with Crippen molar-refractivity contribution >= 4 is 5.91 Å². The van der Waals surface area contributed by atoms with Crippen molar-refractivity contribution in [3.8, 4) is 11.4 Å². The van der Waals surface area contributed by atoms with Gasteiger partial charge in [0.1, 0.15) is 0 Å². The quantitative estimate of drug-likeness (QED) is 0.735. The Bertz CT molecular complexity index is 1130. The molecule has 1 aromatic heterocycles. The molecule has 1 amide bonds. The predicted molar refractivity (Wildman–Crippen MR) is 120 cm³/mol. The van der Waals surface area contributed by atoms with E-state index in [1.807, 2.05) is 16.5 Å². The third-order valence-corrected chi connectivity index (χ3v) is 8.25. The van der Waals surface area contributed by atoms with E-state index in [1.165, 1.54) is 11.1 Å². The lowest BCUT2D eigenvalue weighted by molar-refractivity contribution is -0.136. The van der Waals surface area contributed by atoms with Crippen LogP contribution < -0.4 is 5.32 Å². The summed E-state index contributed by atoms with van der Waals surface area (Å²) in [5.41, 5.74) is 5.01. The van der Waals surface area contributed by atoms with Crippen molar-refractivity contribution in [2.75, 3.05) is 13.2 Å². The molecule has 4 aliphatic rings. The van der Waals surface area contributed by atoms with Crippen LogP contribution in [0.2, 0.25) is 0 Å². The molecule has 174 valence electrons. The normalized spacial score (nSPS) is 31.1. The second-order valence-corrected chi connectivity index (χ2v) is 9.98. The summed E-state index contributed by atoms with van der Waals surface area (Å²) < 4.78 is 7.19. The van der Waals surface area contributed by atoms with E-state index < -0.39 is 6.29 Å². The van der Waals surface area contributed by atoms with E-state index in [1.54, 1.807) is 0 Å². The van der Waals surface area contributed by atoms with Crippen LogP contribution in [0.5, 0.6) is 0 Å². The van der Waals surface area contributed by atoms with E-state index in [0.29, 0.717) is 12.6 Å². The molecule has 33 heavy (non-hydrogen) atoms. The molecular formula is C24H30N6O3. The Hall–Kier alpha value is -2.62. The fourth-order valence-corrected chi connectivity index (χ4v) is 6.04. The summed E-state index contributed by atoms with van der Waals surface area (Å²) in [6.07, 6.45) is 3.85. The molecule has 2 N–H and O–H groups in total. The molecule has 3 aliphatic heterocycles. The van der Waals surface area contributed by atoms with Crippen LogP contribution in [0.4, 0.5) is 0 Å². The number of fused-ring (bicyclic) bond motifs is 3. The third kappa shape index (κ3) is 3.25. The maximum absolute atomic E-state index is 13.3. The van der Waals surface area contributed by atoms with Gasteiger partial charge in [-0.15, -0.1) is 5.10 Å². The number of nitrogens with zero attached hydrogens (tertiary/aromatic N) is 5. The van der Waals surface area contributed by atoms with Crippen LogP contribution in [0.3, 0.4) is 0 Å². The van der Waals surface area contributed by atoms with Crippen LogP contribution in [0, 0.1) is 5.41 Å². The Morgan fingerprint density at radius 1 is 1.27 bits per heavy atom.